The first-order chi connectivity index (χ1) is 18.2. The van der Waals surface area contributed by atoms with Crippen molar-refractivity contribution in [1.82, 2.24) is 4.31 Å². The summed E-state index contributed by atoms with van der Waals surface area (Å²) < 4.78 is 27.6. The highest BCUT2D eigenvalue weighted by molar-refractivity contribution is 7.90. The van der Waals surface area contributed by atoms with E-state index in [9.17, 15) is 13.2 Å². The van der Waals surface area contributed by atoms with Crippen LogP contribution in [0.2, 0.25) is 0 Å². The van der Waals surface area contributed by atoms with Crippen LogP contribution in [0.3, 0.4) is 0 Å². The van der Waals surface area contributed by atoms with E-state index in [-0.39, 0.29) is 28.5 Å². The zero-order valence-electron chi connectivity index (χ0n) is 23.1. The Hall–Kier alpha value is -2.40. The summed E-state index contributed by atoms with van der Waals surface area (Å²) in [5.41, 5.74) is 3.36. The second-order valence-electron chi connectivity index (χ2n) is 12.4. The topological polar surface area (TPSA) is 54.5 Å². The van der Waals surface area contributed by atoms with E-state index in [1.807, 2.05) is 24.3 Å². The molecule has 0 radical (unpaired) electrons. The van der Waals surface area contributed by atoms with Crippen molar-refractivity contribution in [3.05, 3.63) is 77.4 Å². The molecule has 1 aliphatic heterocycles. The number of carbonyl (C=O) groups excluding carboxylic acids is 1. The van der Waals surface area contributed by atoms with Gasteiger partial charge in [0.2, 0.25) is 10.0 Å². The van der Waals surface area contributed by atoms with Crippen LogP contribution in [0.15, 0.2) is 60.7 Å². The number of sulfonamides is 1. The molecule has 0 N–H and O–H groups in total. The quantitative estimate of drug-likeness (QED) is 0.227. The Kier molecular flexibility index (Phi) is 7.86. The van der Waals surface area contributed by atoms with Crippen LogP contribution in [0, 0.1) is 16.7 Å². The molecule has 2 aromatic carbocycles. The number of nitrogens with zero attached hydrogens (tertiary/aromatic N) is 1. The summed E-state index contributed by atoms with van der Waals surface area (Å²) in [5, 5.41) is 0. The fourth-order valence-electron chi connectivity index (χ4n) is 7.73. The lowest BCUT2D eigenvalue weighted by atomic mass is 9.69. The first-order valence-corrected chi connectivity index (χ1v) is 16.2. The third-order valence-electron chi connectivity index (χ3n) is 10.1. The Morgan fingerprint density at radius 2 is 1.58 bits per heavy atom. The van der Waals surface area contributed by atoms with Crippen LogP contribution < -0.4 is 0 Å². The number of unbranched alkanes of at least 4 members (excludes halogenated alkanes) is 5. The van der Waals surface area contributed by atoms with Crippen molar-refractivity contribution in [3.63, 3.8) is 0 Å². The van der Waals surface area contributed by atoms with Gasteiger partial charge in [-0.3, -0.25) is 4.79 Å². The van der Waals surface area contributed by atoms with Gasteiger partial charge < -0.3 is 0 Å². The molecule has 3 unspecified atom stereocenters. The van der Waals surface area contributed by atoms with Crippen LogP contribution in [0.1, 0.15) is 88.3 Å². The van der Waals surface area contributed by atoms with Gasteiger partial charge in [-0.25, -0.2) is 12.7 Å². The monoisotopic (exact) mass is 533 g/mol. The molecule has 2 saturated carbocycles. The zero-order chi connectivity index (χ0) is 26.8. The van der Waals surface area contributed by atoms with Crippen LogP contribution in [0.25, 0.3) is 6.08 Å². The molecule has 3 aliphatic rings. The first-order valence-electron chi connectivity index (χ1n) is 14.6. The van der Waals surface area contributed by atoms with Crippen molar-refractivity contribution >= 4 is 22.0 Å². The van der Waals surface area contributed by atoms with Crippen LogP contribution in [0.5, 0.6) is 0 Å². The normalized spacial score (nSPS) is 26.7. The maximum absolute atomic E-state index is 13.3. The minimum absolute atomic E-state index is 0.0298. The molecule has 38 heavy (non-hydrogen) atoms. The summed E-state index contributed by atoms with van der Waals surface area (Å²) >= 11 is 0. The highest BCUT2D eigenvalue weighted by Crippen LogP contribution is 2.69. The largest absolute Gasteiger partial charge is 0.269 e. The van der Waals surface area contributed by atoms with Crippen LogP contribution in [-0.2, 0) is 27.7 Å². The number of hydrogen-bond acceptors (Lipinski definition) is 3. The van der Waals surface area contributed by atoms with E-state index >= 15 is 0 Å². The number of rotatable bonds is 11. The maximum Gasteiger partial charge on any atom is 0.260 e. The second-order valence-corrected chi connectivity index (χ2v) is 14.2. The van der Waals surface area contributed by atoms with E-state index in [2.05, 4.69) is 50.2 Å². The highest BCUT2D eigenvalue weighted by atomic mass is 32.2. The molecule has 5 heteroatoms. The number of carbonyl (C=O) groups is 1. The number of fused-ring (bicyclic) bond motifs is 1. The van der Waals surface area contributed by atoms with Gasteiger partial charge in [0.05, 0.1) is 11.8 Å². The van der Waals surface area contributed by atoms with Crippen LogP contribution in [-0.4, -0.2) is 30.4 Å². The van der Waals surface area contributed by atoms with E-state index in [4.69, 9.17) is 0 Å². The van der Waals surface area contributed by atoms with Gasteiger partial charge >= 0.3 is 0 Å². The van der Waals surface area contributed by atoms with E-state index in [0.717, 1.165) is 44.1 Å². The zero-order valence-corrected chi connectivity index (χ0v) is 23.9. The average molecular weight is 534 g/mol. The number of amides is 1. The van der Waals surface area contributed by atoms with Crippen molar-refractivity contribution in [1.29, 1.82) is 0 Å². The van der Waals surface area contributed by atoms with Crippen molar-refractivity contribution in [3.8, 4) is 0 Å². The average Bonchev–Trinajstić information content (AvgIpc) is 3.38. The molecule has 2 aromatic rings. The van der Waals surface area contributed by atoms with E-state index in [0.29, 0.717) is 5.92 Å². The molecule has 1 spiro atoms. The number of benzene rings is 2. The molecule has 5 rings (SSSR count). The van der Waals surface area contributed by atoms with Gasteiger partial charge in [-0.05, 0) is 79.0 Å². The summed E-state index contributed by atoms with van der Waals surface area (Å²) in [6.45, 7) is 4.43. The lowest BCUT2D eigenvalue weighted by Gasteiger charge is -2.36. The van der Waals surface area contributed by atoms with Crippen LogP contribution in [0.4, 0.5) is 0 Å². The molecule has 0 aromatic heterocycles. The van der Waals surface area contributed by atoms with Crippen molar-refractivity contribution in [2.45, 2.75) is 90.5 Å². The van der Waals surface area contributed by atoms with Gasteiger partial charge in [-0.15, -0.1) is 0 Å². The van der Waals surface area contributed by atoms with Crippen molar-refractivity contribution in [2.24, 2.45) is 16.7 Å². The summed E-state index contributed by atoms with van der Waals surface area (Å²) in [7, 11) is -3.59. The Bertz CT molecular complexity index is 1270. The van der Waals surface area contributed by atoms with Gasteiger partial charge in [-0.1, -0.05) is 94.1 Å². The molecule has 4 nitrogen and oxygen atoms in total. The molecule has 1 amide bonds. The maximum atomic E-state index is 13.3. The minimum Gasteiger partial charge on any atom is -0.269 e. The minimum atomic E-state index is -3.59. The molecular formula is C33H43NO3S. The Balaban J connectivity index is 1.12. The smallest absolute Gasteiger partial charge is 0.260 e. The summed E-state index contributed by atoms with van der Waals surface area (Å²) in [6, 6.07) is 18.7. The molecule has 2 aliphatic carbocycles. The number of aryl methyl sites for hydroxylation is 2. The van der Waals surface area contributed by atoms with Gasteiger partial charge in [0.1, 0.15) is 0 Å². The summed E-state index contributed by atoms with van der Waals surface area (Å²) in [4.78, 5) is 13.3. The fourth-order valence-corrected chi connectivity index (χ4v) is 10.2. The van der Waals surface area contributed by atoms with E-state index in [1.165, 1.54) is 53.6 Å². The molecule has 3 atom stereocenters. The van der Waals surface area contributed by atoms with E-state index < -0.39 is 10.0 Å². The fraction of sp³-hybridized carbons (Fsp3) is 0.545. The molecule has 1 heterocycles. The molecule has 204 valence electrons. The van der Waals surface area contributed by atoms with Gasteiger partial charge in [0.15, 0.2) is 0 Å². The lowest BCUT2D eigenvalue weighted by molar-refractivity contribution is -0.123. The highest BCUT2D eigenvalue weighted by Gasteiger charge is 2.72. The first kappa shape index (κ1) is 27.2. The molecule has 3 fully saturated rings. The standard InChI is InChI=1S/C33H43NO3S/c1-32(2)29-22-23-33(32)25-38(36,37)34(30(33)24-29)31(35)21-20-28-19-13-12-18-27(28)17-11-6-4-3-5-8-14-26-15-9-7-10-16-26/h7,9-10,12-13,15-16,18-21,29-30H,3-6,8,11,14,17,22-25H2,1-2H3/b21-20+. The molecular weight excluding hydrogens is 490 g/mol. The third kappa shape index (κ3) is 5.11. The second kappa shape index (κ2) is 11.0. The number of hydrogen-bond donors (Lipinski definition) is 0. The Morgan fingerprint density at radius 1 is 0.921 bits per heavy atom. The molecule has 2 bridgehead atoms. The van der Waals surface area contributed by atoms with E-state index in [1.54, 1.807) is 0 Å². The Morgan fingerprint density at radius 3 is 2.32 bits per heavy atom. The predicted molar refractivity (Wildman–Crippen MR) is 155 cm³/mol. The summed E-state index contributed by atoms with van der Waals surface area (Å²) in [6.07, 6.45) is 15.7. The molecule has 1 saturated heterocycles. The predicted octanol–water partition coefficient (Wildman–Crippen LogP) is 7.19. The lowest BCUT2D eigenvalue weighted by Crippen LogP contribution is -2.43. The van der Waals surface area contributed by atoms with Crippen molar-refractivity contribution < 1.29 is 13.2 Å². The van der Waals surface area contributed by atoms with Gasteiger partial charge in [-0.2, -0.15) is 0 Å². The SMILES string of the molecule is CC1(C)C2CCC13CS(=O)(=O)N(C(=O)/C=C/c1ccccc1CCCCCCCCc1ccccc1)C3C2. The summed E-state index contributed by atoms with van der Waals surface area (Å²) in [5.74, 6) is 0.253. The Labute approximate surface area is 229 Å². The third-order valence-corrected chi connectivity index (χ3v) is 12.0. The van der Waals surface area contributed by atoms with Crippen LogP contribution >= 0.6 is 0 Å². The van der Waals surface area contributed by atoms with Crippen molar-refractivity contribution in [2.75, 3.05) is 5.75 Å². The van der Waals surface area contributed by atoms with Gasteiger partial charge in [0.25, 0.3) is 5.91 Å². The van der Waals surface area contributed by atoms with Gasteiger partial charge in [0, 0.05) is 11.5 Å².